The highest BCUT2D eigenvalue weighted by atomic mass is 16.2. The predicted molar refractivity (Wildman–Crippen MR) is 114 cm³/mol. The Labute approximate surface area is 174 Å². The minimum Gasteiger partial charge on any atom is -0.335 e. The van der Waals surface area contributed by atoms with Gasteiger partial charge in [-0.25, -0.2) is 4.98 Å². The number of fused-ring (bicyclic) bond motifs is 1. The summed E-state index contributed by atoms with van der Waals surface area (Å²) in [6.45, 7) is 4.75. The van der Waals surface area contributed by atoms with Crippen LogP contribution in [-0.4, -0.2) is 33.6 Å². The average molecular weight is 404 g/mol. The molecule has 2 aromatic heterocycles. The number of amides is 2. The smallest absolute Gasteiger partial charge is 0.259 e. The van der Waals surface area contributed by atoms with E-state index in [2.05, 4.69) is 27.6 Å². The fraction of sp³-hybridized carbons (Fsp3) is 0.273. The predicted octanol–water partition coefficient (Wildman–Crippen LogP) is 3.13. The number of rotatable bonds is 5. The molecule has 1 aliphatic rings. The van der Waals surface area contributed by atoms with Crippen molar-refractivity contribution < 1.29 is 9.59 Å². The molecule has 30 heavy (non-hydrogen) atoms. The van der Waals surface area contributed by atoms with E-state index >= 15 is 0 Å². The number of benzene rings is 1. The van der Waals surface area contributed by atoms with Crippen LogP contribution in [0.5, 0.6) is 0 Å². The van der Waals surface area contributed by atoms with Gasteiger partial charge in [-0.15, -0.1) is 0 Å². The van der Waals surface area contributed by atoms with E-state index in [4.69, 9.17) is 0 Å². The first-order valence-corrected chi connectivity index (χ1v) is 9.92. The molecule has 0 unspecified atom stereocenters. The van der Waals surface area contributed by atoms with Crippen LogP contribution in [0.15, 0.2) is 48.8 Å². The second kappa shape index (κ2) is 7.98. The van der Waals surface area contributed by atoms with Gasteiger partial charge in [0.2, 0.25) is 0 Å². The summed E-state index contributed by atoms with van der Waals surface area (Å²) in [6, 6.07) is 10.9. The molecule has 0 fully saturated rings. The van der Waals surface area contributed by atoms with Crippen LogP contribution < -0.4 is 15.5 Å². The van der Waals surface area contributed by atoms with Crippen molar-refractivity contribution in [3.05, 3.63) is 71.2 Å². The highest BCUT2D eigenvalue weighted by Crippen LogP contribution is 2.30. The molecule has 0 aliphatic carbocycles. The second-order valence-corrected chi connectivity index (χ2v) is 7.30. The van der Waals surface area contributed by atoms with Crippen LogP contribution in [0.4, 0.5) is 11.5 Å². The maximum absolute atomic E-state index is 12.6. The lowest BCUT2D eigenvalue weighted by molar-refractivity contribution is 0.0926. The first kappa shape index (κ1) is 19.6. The van der Waals surface area contributed by atoms with Crippen LogP contribution in [0, 0.1) is 6.92 Å². The van der Waals surface area contributed by atoms with Crippen molar-refractivity contribution in [3.63, 3.8) is 0 Å². The van der Waals surface area contributed by atoms with Crippen LogP contribution in [0.1, 0.15) is 51.5 Å². The average Bonchev–Trinajstić information content (AvgIpc) is 3.12. The second-order valence-electron chi connectivity index (χ2n) is 7.30. The highest BCUT2D eigenvalue weighted by molar-refractivity contribution is 6.05. The molecule has 0 saturated heterocycles. The molecular formula is C22H24N6O2. The molecule has 4 rings (SSSR count). The topological polar surface area (TPSA) is 92.2 Å². The number of pyridine rings is 1. The Morgan fingerprint density at radius 1 is 1.23 bits per heavy atom. The number of nitrogens with zero attached hydrogens (tertiary/aromatic N) is 4. The van der Waals surface area contributed by atoms with Crippen LogP contribution in [0.3, 0.4) is 0 Å². The minimum atomic E-state index is -0.334. The standard InChI is InChI=1S/C22H24N6O2/c1-4-12-28-14(2)18(13-24-28)22(30)25-16-9-7-15(8-10-16)19-26-21(29)17-6-5-11-23-20(17)27(19)3/h5-11,13,19H,4,12H2,1-3H3,(H,25,30)(H,26,29)/t19-/m1/s1. The molecule has 1 aliphatic heterocycles. The zero-order valence-electron chi connectivity index (χ0n) is 17.2. The molecule has 2 amide bonds. The molecule has 2 N–H and O–H groups in total. The van der Waals surface area contributed by atoms with Crippen LogP contribution in [0.2, 0.25) is 0 Å². The van der Waals surface area contributed by atoms with Crippen molar-refractivity contribution in [2.75, 3.05) is 17.3 Å². The Morgan fingerprint density at radius 3 is 2.73 bits per heavy atom. The van der Waals surface area contributed by atoms with Gasteiger partial charge in [-0.05, 0) is 43.2 Å². The van der Waals surface area contributed by atoms with Gasteiger partial charge in [0.15, 0.2) is 0 Å². The first-order valence-electron chi connectivity index (χ1n) is 9.92. The summed E-state index contributed by atoms with van der Waals surface area (Å²) in [5.41, 5.74) is 3.54. The molecule has 3 aromatic rings. The number of aromatic nitrogens is 3. The molecule has 0 bridgehead atoms. The molecule has 0 radical (unpaired) electrons. The van der Waals surface area contributed by atoms with Gasteiger partial charge in [0.05, 0.1) is 17.3 Å². The van der Waals surface area contributed by atoms with E-state index < -0.39 is 0 Å². The van der Waals surface area contributed by atoms with Crippen molar-refractivity contribution in [2.45, 2.75) is 33.0 Å². The first-order chi connectivity index (χ1) is 14.5. The number of nitrogens with one attached hydrogen (secondary N) is 2. The Morgan fingerprint density at radius 2 is 2.00 bits per heavy atom. The van der Waals surface area contributed by atoms with Gasteiger partial charge in [-0.2, -0.15) is 5.10 Å². The summed E-state index contributed by atoms with van der Waals surface area (Å²) in [6.07, 6.45) is 3.90. The zero-order chi connectivity index (χ0) is 21.3. The molecular weight excluding hydrogens is 380 g/mol. The van der Waals surface area contributed by atoms with E-state index in [-0.39, 0.29) is 18.0 Å². The zero-order valence-corrected chi connectivity index (χ0v) is 17.2. The van der Waals surface area contributed by atoms with Crippen LogP contribution in [0.25, 0.3) is 0 Å². The van der Waals surface area contributed by atoms with E-state index in [1.54, 1.807) is 24.5 Å². The number of carbonyl (C=O) groups is 2. The lowest BCUT2D eigenvalue weighted by atomic mass is 10.1. The summed E-state index contributed by atoms with van der Waals surface area (Å²) in [4.78, 5) is 31.3. The quantitative estimate of drug-likeness (QED) is 0.682. The van der Waals surface area contributed by atoms with E-state index in [0.29, 0.717) is 22.6 Å². The monoisotopic (exact) mass is 404 g/mol. The van der Waals surface area contributed by atoms with Gasteiger partial charge in [0.1, 0.15) is 12.0 Å². The summed E-state index contributed by atoms with van der Waals surface area (Å²) in [5, 5.41) is 10.2. The minimum absolute atomic E-state index is 0.154. The lowest BCUT2D eigenvalue weighted by Gasteiger charge is -2.35. The molecule has 8 nitrogen and oxygen atoms in total. The number of hydrogen-bond donors (Lipinski definition) is 2. The Hall–Kier alpha value is -3.68. The van der Waals surface area contributed by atoms with Gasteiger partial charge < -0.3 is 15.5 Å². The Kier molecular flexibility index (Phi) is 5.22. The van der Waals surface area contributed by atoms with Crippen molar-refractivity contribution in [2.24, 2.45) is 0 Å². The van der Waals surface area contributed by atoms with E-state index in [1.807, 2.05) is 47.8 Å². The lowest BCUT2D eigenvalue weighted by Crippen LogP contribution is -2.45. The Bertz CT molecular complexity index is 1090. The SMILES string of the molecule is CCCn1ncc(C(=O)Nc2ccc([C@@H]3NC(=O)c4cccnc4N3C)cc2)c1C. The normalized spacial score (nSPS) is 15.5. The Balaban J connectivity index is 1.50. The highest BCUT2D eigenvalue weighted by Gasteiger charge is 2.30. The fourth-order valence-electron chi connectivity index (χ4n) is 3.64. The van der Waals surface area contributed by atoms with E-state index in [1.165, 1.54) is 0 Å². The molecule has 3 heterocycles. The van der Waals surface area contributed by atoms with Crippen LogP contribution >= 0.6 is 0 Å². The molecule has 154 valence electrons. The third kappa shape index (κ3) is 3.52. The van der Waals surface area contributed by atoms with Crippen molar-refractivity contribution in [1.29, 1.82) is 0 Å². The van der Waals surface area contributed by atoms with Gasteiger partial charge in [-0.1, -0.05) is 19.1 Å². The maximum Gasteiger partial charge on any atom is 0.259 e. The number of hydrogen-bond acceptors (Lipinski definition) is 5. The largest absolute Gasteiger partial charge is 0.335 e. The fourth-order valence-corrected chi connectivity index (χ4v) is 3.64. The molecule has 1 atom stereocenters. The molecule has 0 saturated carbocycles. The summed E-state index contributed by atoms with van der Waals surface area (Å²) < 4.78 is 1.84. The van der Waals surface area contributed by atoms with E-state index in [0.717, 1.165) is 24.2 Å². The van der Waals surface area contributed by atoms with Crippen LogP contribution in [-0.2, 0) is 6.54 Å². The van der Waals surface area contributed by atoms with Crippen molar-refractivity contribution >= 4 is 23.3 Å². The van der Waals surface area contributed by atoms with Gasteiger partial charge in [0.25, 0.3) is 11.8 Å². The number of aryl methyl sites for hydroxylation is 1. The number of anilines is 2. The third-order valence-corrected chi connectivity index (χ3v) is 5.29. The molecule has 8 heteroatoms. The number of carbonyl (C=O) groups excluding carboxylic acids is 2. The molecule has 1 aromatic carbocycles. The summed E-state index contributed by atoms with van der Waals surface area (Å²) in [7, 11) is 1.89. The van der Waals surface area contributed by atoms with Gasteiger partial charge in [-0.3, -0.25) is 14.3 Å². The van der Waals surface area contributed by atoms with Gasteiger partial charge in [0, 0.05) is 31.2 Å². The summed E-state index contributed by atoms with van der Waals surface area (Å²) in [5.74, 6) is 0.296. The van der Waals surface area contributed by atoms with Crippen molar-refractivity contribution in [1.82, 2.24) is 20.1 Å². The van der Waals surface area contributed by atoms with Crippen molar-refractivity contribution in [3.8, 4) is 0 Å². The molecule has 0 spiro atoms. The van der Waals surface area contributed by atoms with E-state index in [9.17, 15) is 9.59 Å². The maximum atomic E-state index is 12.6. The summed E-state index contributed by atoms with van der Waals surface area (Å²) >= 11 is 0. The van der Waals surface area contributed by atoms with Gasteiger partial charge >= 0.3 is 0 Å². The third-order valence-electron chi connectivity index (χ3n) is 5.29.